The third-order valence-electron chi connectivity index (χ3n) is 1.57. The van der Waals surface area contributed by atoms with Gasteiger partial charge in [0.2, 0.25) is 0 Å². The lowest BCUT2D eigenvalue weighted by Crippen LogP contribution is -2.15. The first-order valence-electron chi connectivity index (χ1n) is 4.25. The van der Waals surface area contributed by atoms with Crippen LogP contribution in [0.15, 0.2) is 6.33 Å². The highest BCUT2D eigenvalue weighted by molar-refractivity contribution is 4.80. The Morgan fingerprint density at radius 1 is 1.69 bits per heavy atom. The zero-order chi connectivity index (χ0) is 9.52. The number of unbranched alkanes of at least 4 members (excludes halogenated alkanes) is 1. The number of hydrogen-bond acceptors (Lipinski definition) is 4. The Balaban J connectivity index is 2.10. The van der Waals surface area contributed by atoms with Crippen LogP contribution in [0.4, 0.5) is 0 Å². The van der Waals surface area contributed by atoms with E-state index >= 15 is 0 Å². The average Bonchev–Trinajstić information content (AvgIpc) is 2.51. The maximum atomic E-state index is 8.28. The Morgan fingerprint density at radius 3 is 3.15 bits per heavy atom. The fraction of sp³-hybridized carbons (Fsp3) is 0.625. The van der Waals surface area contributed by atoms with Crippen LogP contribution >= 0.6 is 0 Å². The van der Waals surface area contributed by atoms with Crippen molar-refractivity contribution in [3.63, 3.8) is 0 Å². The van der Waals surface area contributed by atoms with Gasteiger partial charge < -0.3 is 5.32 Å². The molecule has 1 N–H and O–H groups in total. The smallest absolute Gasteiger partial charge is 0.164 e. The molecule has 1 aromatic heterocycles. The molecule has 70 valence electrons. The van der Waals surface area contributed by atoms with E-state index in [-0.39, 0.29) is 0 Å². The number of rotatable bonds is 5. The van der Waals surface area contributed by atoms with Crippen LogP contribution < -0.4 is 5.32 Å². The second-order valence-corrected chi connectivity index (χ2v) is 2.77. The lowest BCUT2D eigenvalue weighted by Gasteiger charge is -1.97. The normalized spacial score (nSPS) is 9.85. The van der Waals surface area contributed by atoms with E-state index in [1.54, 1.807) is 11.0 Å². The summed E-state index contributed by atoms with van der Waals surface area (Å²) < 4.78 is 1.67. The molecular weight excluding hydrogens is 166 g/mol. The van der Waals surface area contributed by atoms with Crippen LogP contribution in [-0.2, 0) is 13.6 Å². The molecule has 0 saturated carbocycles. The number of nitrogens with one attached hydrogen (secondary N) is 1. The first-order chi connectivity index (χ1) is 6.33. The number of aromatic nitrogens is 3. The van der Waals surface area contributed by atoms with Crippen molar-refractivity contribution in [2.24, 2.45) is 7.05 Å². The minimum atomic E-state index is 0.600. The Hall–Kier alpha value is -1.41. The summed E-state index contributed by atoms with van der Waals surface area (Å²) in [7, 11) is 1.84. The van der Waals surface area contributed by atoms with Gasteiger partial charge in [-0.15, -0.1) is 0 Å². The van der Waals surface area contributed by atoms with Crippen molar-refractivity contribution < 1.29 is 0 Å². The van der Waals surface area contributed by atoms with E-state index in [4.69, 9.17) is 5.26 Å². The molecule has 5 nitrogen and oxygen atoms in total. The molecule has 0 radical (unpaired) electrons. The minimum Gasteiger partial charge on any atom is -0.310 e. The second kappa shape index (κ2) is 5.27. The Bertz CT molecular complexity index is 285. The van der Waals surface area contributed by atoms with Crippen molar-refractivity contribution >= 4 is 0 Å². The molecule has 0 bridgehead atoms. The van der Waals surface area contributed by atoms with Gasteiger partial charge in [-0.05, 0) is 13.0 Å². The van der Waals surface area contributed by atoms with E-state index < -0.39 is 0 Å². The zero-order valence-corrected chi connectivity index (χ0v) is 7.69. The third-order valence-corrected chi connectivity index (χ3v) is 1.57. The van der Waals surface area contributed by atoms with E-state index in [1.807, 2.05) is 7.05 Å². The molecule has 0 aliphatic rings. The molecule has 0 atom stereocenters. The van der Waals surface area contributed by atoms with Gasteiger partial charge in [0.1, 0.15) is 6.33 Å². The van der Waals surface area contributed by atoms with Crippen LogP contribution in [-0.4, -0.2) is 21.3 Å². The van der Waals surface area contributed by atoms with Crippen molar-refractivity contribution in [1.82, 2.24) is 20.1 Å². The highest BCUT2D eigenvalue weighted by atomic mass is 15.3. The molecule has 0 unspecified atom stereocenters. The summed E-state index contributed by atoms with van der Waals surface area (Å²) in [5.74, 6) is 0.791. The van der Waals surface area contributed by atoms with Gasteiger partial charge in [0.05, 0.1) is 12.6 Å². The maximum Gasteiger partial charge on any atom is 0.164 e. The highest BCUT2D eigenvalue weighted by Crippen LogP contribution is 1.88. The molecule has 0 amide bonds. The van der Waals surface area contributed by atoms with Crippen LogP contribution in [0, 0.1) is 11.3 Å². The van der Waals surface area contributed by atoms with Gasteiger partial charge in [-0.1, -0.05) is 0 Å². The quantitative estimate of drug-likeness (QED) is 0.656. The lowest BCUT2D eigenvalue weighted by molar-refractivity contribution is 0.628. The standard InChI is InChI=1S/C8H13N5/c1-13-7-11-8(12-13)6-10-5-3-2-4-9/h7,10H,2-3,5-6H2,1H3. The zero-order valence-electron chi connectivity index (χ0n) is 7.69. The minimum absolute atomic E-state index is 0.600. The lowest BCUT2D eigenvalue weighted by atomic mass is 10.3. The van der Waals surface area contributed by atoms with Gasteiger partial charge in [-0.25, -0.2) is 4.98 Å². The van der Waals surface area contributed by atoms with Gasteiger partial charge in [-0.2, -0.15) is 10.4 Å². The summed E-state index contributed by atoms with van der Waals surface area (Å²) in [5, 5.41) is 15.5. The van der Waals surface area contributed by atoms with Crippen LogP contribution in [0.3, 0.4) is 0 Å². The monoisotopic (exact) mass is 179 g/mol. The summed E-state index contributed by atoms with van der Waals surface area (Å²) in [6.07, 6.45) is 3.15. The summed E-state index contributed by atoms with van der Waals surface area (Å²) >= 11 is 0. The Morgan fingerprint density at radius 2 is 2.54 bits per heavy atom. The molecule has 1 rings (SSSR count). The van der Waals surface area contributed by atoms with Gasteiger partial charge in [0.15, 0.2) is 5.82 Å². The molecule has 13 heavy (non-hydrogen) atoms. The fourth-order valence-electron chi connectivity index (χ4n) is 0.958. The molecule has 0 aliphatic carbocycles. The van der Waals surface area contributed by atoms with Gasteiger partial charge >= 0.3 is 0 Å². The van der Waals surface area contributed by atoms with Crippen LogP contribution in [0.25, 0.3) is 0 Å². The molecule has 0 fully saturated rings. The predicted octanol–water partition coefficient (Wildman–Crippen LogP) is 0.208. The van der Waals surface area contributed by atoms with E-state index in [9.17, 15) is 0 Å². The highest BCUT2D eigenvalue weighted by Gasteiger charge is 1.96. The molecule has 0 saturated heterocycles. The van der Waals surface area contributed by atoms with Crippen LogP contribution in [0.2, 0.25) is 0 Å². The predicted molar refractivity (Wildman–Crippen MR) is 47.6 cm³/mol. The van der Waals surface area contributed by atoms with Gasteiger partial charge in [0.25, 0.3) is 0 Å². The summed E-state index contributed by atoms with van der Waals surface area (Å²) in [6, 6.07) is 2.10. The van der Waals surface area contributed by atoms with Crippen molar-refractivity contribution in [3.05, 3.63) is 12.2 Å². The topological polar surface area (TPSA) is 66.5 Å². The summed E-state index contributed by atoms with van der Waals surface area (Å²) in [5.41, 5.74) is 0. The first kappa shape index (κ1) is 9.68. The molecular formula is C8H13N5. The fourth-order valence-corrected chi connectivity index (χ4v) is 0.958. The summed E-state index contributed by atoms with van der Waals surface area (Å²) in [6.45, 7) is 1.51. The first-order valence-corrected chi connectivity index (χ1v) is 4.25. The van der Waals surface area contributed by atoms with Crippen molar-refractivity contribution in [3.8, 4) is 6.07 Å². The SMILES string of the molecule is Cn1cnc(CNCCCC#N)n1. The van der Waals surface area contributed by atoms with Crippen molar-refractivity contribution in [2.75, 3.05) is 6.54 Å². The number of nitrogens with zero attached hydrogens (tertiary/aromatic N) is 4. The van der Waals surface area contributed by atoms with E-state index in [2.05, 4.69) is 21.5 Å². The second-order valence-electron chi connectivity index (χ2n) is 2.77. The number of aryl methyl sites for hydroxylation is 1. The summed E-state index contributed by atoms with van der Waals surface area (Å²) in [4.78, 5) is 4.06. The molecule has 0 spiro atoms. The maximum absolute atomic E-state index is 8.28. The molecule has 1 heterocycles. The van der Waals surface area contributed by atoms with Crippen LogP contribution in [0.1, 0.15) is 18.7 Å². The van der Waals surface area contributed by atoms with E-state index in [1.165, 1.54) is 0 Å². The van der Waals surface area contributed by atoms with Gasteiger partial charge in [0, 0.05) is 13.5 Å². The molecule has 1 aromatic rings. The van der Waals surface area contributed by atoms with E-state index in [0.717, 1.165) is 18.8 Å². The molecule has 0 aliphatic heterocycles. The Kier molecular flexibility index (Phi) is 3.93. The van der Waals surface area contributed by atoms with Gasteiger partial charge in [-0.3, -0.25) is 4.68 Å². The Labute approximate surface area is 77.4 Å². The number of hydrogen-bond donors (Lipinski definition) is 1. The number of nitriles is 1. The van der Waals surface area contributed by atoms with Crippen molar-refractivity contribution in [2.45, 2.75) is 19.4 Å². The molecule has 0 aromatic carbocycles. The largest absolute Gasteiger partial charge is 0.310 e. The van der Waals surface area contributed by atoms with E-state index in [0.29, 0.717) is 13.0 Å². The third kappa shape index (κ3) is 3.67. The van der Waals surface area contributed by atoms with Crippen molar-refractivity contribution in [1.29, 1.82) is 5.26 Å². The molecule has 5 heteroatoms. The van der Waals surface area contributed by atoms with Crippen LogP contribution in [0.5, 0.6) is 0 Å². The average molecular weight is 179 g/mol.